The van der Waals surface area contributed by atoms with Crippen molar-refractivity contribution < 1.29 is 0 Å². The van der Waals surface area contributed by atoms with Gasteiger partial charge in [-0.3, -0.25) is 4.98 Å². The van der Waals surface area contributed by atoms with Crippen LogP contribution in [0.3, 0.4) is 0 Å². The average molecular weight is 201 g/mol. The number of fused-ring (bicyclic) bond motifs is 1. The van der Waals surface area contributed by atoms with Gasteiger partial charge in [-0.05, 0) is 18.9 Å². The molecule has 2 heterocycles. The van der Waals surface area contributed by atoms with E-state index in [1.54, 1.807) is 6.20 Å². The van der Waals surface area contributed by atoms with Gasteiger partial charge in [-0.1, -0.05) is 19.3 Å². The van der Waals surface area contributed by atoms with Gasteiger partial charge in [-0.25, -0.2) is 4.98 Å². The van der Waals surface area contributed by atoms with Crippen LogP contribution in [0.5, 0.6) is 0 Å². The topological polar surface area (TPSA) is 41.6 Å². The summed E-state index contributed by atoms with van der Waals surface area (Å²) in [5.41, 5.74) is 2.11. The number of rotatable bonds is 1. The third kappa shape index (κ3) is 1.62. The van der Waals surface area contributed by atoms with Crippen molar-refractivity contribution in [3.8, 4) is 0 Å². The molecule has 3 rings (SSSR count). The highest BCUT2D eigenvalue weighted by molar-refractivity contribution is 5.73. The number of pyridine rings is 1. The fourth-order valence-electron chi connectivity index (χ4n) is 2.45. The number of nitrogens with zero attached hydrogens (tertiary/aromatic N) is 2. The van der Waals surface area contributed by atoms with E-state index in [1.807, 2.05) is 12.3 Å². The Morgan fingerprint density at radius 3 is 2.87 bits per heavy atom. The fraction of sp³-hybridized carbons (Fsp3) is 0.500. The molecule has 2 aromatic heterocycles. The van der Waals surface area contributed by atoms with Crippen molar-refractivity contribution in [3.63, 3.8) is 0 Å². The molecular weight excluding hydrogens is 186 g/mol. The van der Waals surface area contributed by atoms with Crippen LogP contribution in [-0.2, 0) is 0 Å². The molecule has 0 unspecified atom stereocenters. The maximum absolute atomic E-state index is 4.64. The SMILES string of the molecule is c1cc2nc(C3CCCCC3)[nH]c2cn1. The third-order valence-electron chi connectivity index (χ3n) is 3.29. The van der Waals surface area contributed by atoms with Crippen molar-refractivity contribution in [2.75, 3.05) is 0 Å². The van der Waals surface area contributed by atoms with Crippen molar-refractivity contribution in [2.45, 2.75) is 38.0 Å². The lowest BCUT2D eigenvalue weighted by Gasteiger charge is -2.18. The summed E-state index contributed by atoms with van der Waals surface area (Å²) in [7, 11) is 0. The van der Waals surface area contributed by atoms with Gasteiger partial charge in [0.15, 0.2) is 0 Å². The van der Waals surface area contributed by atoms with Crippen LogP contribution in [0, 0.1) is 0 Å². The molecule has 1 aliphatic rings. The zero-order valence-corrected chi connectivity index (χ0v) is 8.74. The maximum atomic E-state index is 4.64. The molecule has 1 aliphatic carbocycles. The van der Waals surface area contributed by atoms with E-state index in [-0.39, 0.29) is 0 Å². The van der Waals surface area contributed by atoms with Gasteiger partial charge in [0.25, 0.3) is 0 Å². The summed E-state index contributed by atoms with van der Waals surface area (Å²) in [4.78, 5) is 12.1. The summed E-state index contributed by atoms with van der Waals surface area (Å²) in [5.74, 6) is 1.81. The standard InChI is InChI=1S/C12H15N3/c1-2-4-9(5-3-1)12-14-10-6-7-13-8-11(10)15-12/h6-9H,1-5H2,(H,14,15). The number of hydrogen-bond acceptors (Lipinski definition) is 2. The molecule has 78 valence electrons. The summed E-state index contributed by atoms with van der Waals surface area (Å²) < 4.78 is 0. The Labute approximate surface area is 88.9 Å². The number of aromatic amines is 1. The molecule has 15 heavy (non-hydrogen) atoms. The highest BCUT2D eigenvalue weighted by atomic mass is 14.9. The lowest BCUT2D eigenvalue weighted by atomic mass is 9.89. The second kappa shape index (κ2) is 3.65. The maximum Gasteiger partial charge on any atom is 0.110 e. The highest BCUT2D eigenvalue weighted by Crippen LogP contribution is 2.31. The lowest BCUT2D eigenvalue weighted by molar-refractivity contribution is 0.431. The molecule has 3 heteroatoms. The van der Waals surface area contributed by atoms with Crippen LogP contribution in [0.25, 0.3) is 11.0 Å². The Kier molecular flexibility index (Phi) is 2.16. The second-order valence-corrected chi connectivity index (χ2v) is 4.35. The normalized spacial score (nSPS) is 18.4. The summed E-state index contributed by atoms with van der Waals surface area (Å²) in [6.07, 6.45) is 10.3. The van der Waals surface area contributed by atoms with Gasteiger partial charge < -0.3 is 4.98 Å². The first-order valence-electron chi connectivity index (χ1n) is 5.73. The second-order valence-electron chi connectivity index (χ2n) is 4.35. The minimum atomic E-state index is 0.645. The zero-order chi connectivity index (χ0) is 10.1. The molecule has 2 aromatic rings. The van der Waals surface area contributed by atoms with E-state index in [2.05, 4.69) is 15.0 Å². The summed E-state index contributed by atoms with van der Waals surface area (Å²) >= 11 is 0. The monoisotopic (exact) mass is 201 g/mol. The molecule has 0 amide bonds. The predicted octanol–water partition coefficient (Wildman–Crippen LogP) is 3.01. The predicted molar refractivity (Wildman–Crippen MR) is 59.7 cm³/mol. The van der Waals surface area contributed by atoms with Crippen LogP contribution in [0.15, 0.2) is 18.5 Å². The van der Waals surface area contributed by atoms with Crippen molar-refractivity contribution in [3.05, 3.63) is 24.3 Å². The minimum Gasteiger partial charge on any atom is -0.340 e. The smallest absolute Gasteiger partial charge is 0.110 e. The molecule has 0 aromatic carbocycles. The Bertz CT molecular complexity index is 422. The van der Waals surface area contributed by atoms with Crippen molar-refractivity contribution in [2.24, 2.45) is 0 Å². The van der Waals surface area contributed by atoms with Gasteiger partial charge in [-0.2, -0.15) is 0 Å². The van der Waals surface area contributed by atoms with Gasteiger partial charge >= 0.3 is 0 Å². The van der Waals surface area contributed by atoms with E-state index in [0.717, 1.165) is 16.9 Å². The van der Waals surface area contributed by atoms with Crippen LogP contribution in [-0.4, -0.2) is 15.0 Å². The molecule has 0 radical (unpaired) electrons. The zero-order valence-electron chi connectivity index (χ0n) is 8.74. The largest absolute Gasteiger partial charge is 0.340 e. The van der Waals surface area contributed by atoms with Crippen molar-refractivity contribution >= 4 is 11.0 Å². The van der Waals surface area contributed by atoms with Crippen molar-refractivity contribution in [1.29, 1.82) is 0 Å². The Morgan fingerprint density at radius 2 is 2.07 bits per heavy atom. The summed E-state index contributed by atoms with van der Waals surface area (Å²) in [6, 6.07) is 1.97. The Morgan fingerprint density at radius 1 is 1.20 bits per heavy atom. The molecular formula is C12H15N3. The summed E-state index contributed by atoms with van der Waals surface area (Å²) in [6.45, 7) is 0. The first-order chi connectivity index (χ1) is 7.43. The summed E-state index contributed by atoms with van der Waals surface area (Å²) in [5, 5.41) is 0. The minimum absolute atomic E-state index is 0.645. The molecule has 0 atom stereocenters. The third-order valence-corrected chi connectivity index (χ3v) is 3.29. The first kappa shape index (κ1) is 8.89. The van der Waals surface area contributed by atoms with Crippen LogP contribution in [0.4, 0.5) is 0 Å². The molecule has 1 fully saturated rings. The molecule has 1 saturated carbocycles. The lowest BCUT2D eigenvalue weighted by Crippen LogP contribution is -2.05. The van der Waals surface area contributed by atoms with Crippen molar-refractivity contribution in [1.82, 2.24) is 15.0 Å². The molecule has 1 N–H and O–H groups in total. The van der Waals surface area contributed by atoms with E-state index in [0.29, 0.717) is 5.92 Å². The van der Waals surface area contributed by atoms with Gasteiger partial charge in [0.05, 0.1) is 17.2 Å². The quantitative estimate of drug-likeness (QED) is 0.770. The molecule has 3 nitrogen and oxygen atoms in total. The van der Waals surface area contributed by atoms with E-state index in [4.69, 9.17) is 0 Å². The average Bonchev–Trinajstić information content (AvgIpc) is 2.74. The number of hydrogen-bond donors (Lipinski definition) is 1. The molecule has 0 aliphatic heterocycles. The molecule has 0 bridgehead atoms. The Balaban J connectivity index is 1.96. The van der Waals surface area contributed by atoms with Gasteiger partial charge in [0.2, 0.25) is 0 Å². The van der Waals surface area contributed by atoms with Gasteiger partial charge in [0, 0.05) is 12.1 Å². The number of nitrogens with one attached hydrogen (secondary N) is 1. The molecule has 0 saturated heterocycles. The van der Waals surface area contributed by atoms with E-state index < -0.39 is 0 Å². The first-order valence-corrected chi connectivity index (χ1v) is 5.73. The van der Waals surface area contributed by atoms with Crippen LogP contribution < -0.4 is 0 Å². The van der Waals surface area contributed by atoms with Crippen LogP contribution in [0.2, 0.25) is 0 Å². The highest BCUT2D eigenvalue weighted by Gasteiger charge is 2.18. The van der Waals surface area contributed by atoms with E-state index in [9.17, 15) is 0 Å². The number of aromatic nitrogens is 3. The van der Waals surface area contributed by atoms with Gasteiger partial charge in [0.1, 0.15) is 5.82 Å². The number of H-pyrrole nitrogens is 1. The van der Waals surface area contributed by atoms with Crippen LogP contribution in [0.1, 0.15) is 43.8 Å². The Hall–Kier alpha value is -1.38. The van der Waals surface area contributed by atoms with Gasteiger partial charge in [-0.15, -0.1) is 0 Å². The molecule has 0 spiro atoms. The van der Waals surface area contributed by atoms with E-state index in [1.165, 1.54) is 32.1 Å². The van der Waals surface area contributed by atoms with Crippen LogP contribution >= 0.6 is 0 Å². The fourth-order valence-corrected chi connectivity index (χ4v) is 2.45. The van der Waals surface area contributed by atoms with E-state index >= 15 is 0 Å². The number of imidazole rings is 1.